The van der Waals surface area contributed by atoms with Gasteiger partial charge in [-0.05, 0) is 35.6 Å². The largest absolute Gasteiger partial charge is 0.462 e. The van der Waals surface area contributed by atoms with Crippen molar-refractivity contribution in [2.24, 2.45) is 0 Å². The van der Waals surface area contributed by atoms with Gasteiger partial charge in [0.15, 0.2) is 0 Å². The first kappa shape index (κ1) is 20.1. The fourth-order valence-electron chi connectivity index (χ4n) is 3.02. The van der Waals surface area contributed by atoms with Crippen molar-refractivity contribution in [2.75, 3.05) is 12.9 Å². The summed E-state index contributed by atoms with van der Waals surface area (Å²) in [6.45, 7) is -0.492. The number of hydrogen-bond acceptors (Lipinski definition) is 7. The monoisotopic (exact) mass is 392 g/mol. The second-order valence-corrected chi connectivity index (χ2v) is 7.33. The summed E-state index contributed by atoms with van der Waals surface area (Å²) in [6, 6.07) is 15.6. The molecule has 0 unspecified atom stereocenters. The summed E-state index contributed by atoms with van der Waals surface area (Å²) in [5, 5.41) is 39.3. The number of aliphatic hydroxyl groups excluding tert-OH is 4. The van der Waals surface area contributed by atoms with Crippen LogP contribution >= 0.6 is 11.8 Å². The van der Waals surface area contributed by atoms with E-state index in [-0.39, 0.29) is 0 Å². The van der Waals surface area contributed by atoms with E-state index in [9.17, 15) is 20.4 Å². The quantitative estimate of drug-likeness (QED) is 0.548. The summed E-state index contributed by atoms with van der Waals surface area (Å²) in [5.74, 6) is 0.510. The summed E-state index contributed by atoms with van der Waals surface area (Å²) in [4.78, 5) is 1.18. The molecular formula is C20H24O6S. The second-order valence-electron chi connectivity index (χ2n) is 6.45. The standard InChI is InChI=1S/C20H24O6S/c1-27-14-8-6-12(7-9-14)10-13-4-2-3-5-15(13)25-20-19(24)18(23)17(22)16(11-21)26-20/h2-9,16-24H,10-11H2,1H3/t16-,17-,18+,19-,20-/m1/s1. The van der Waals surface area contributed by atoms with E-state index < -0.39 is 37.3 Å². The normalized spacial score (nSPS) is 28.1. The lowest BCUT2D eigenvalue weighted by Gasteiger charge is -2.39. The van der Waals surface area contributed by atoms with Crippen LogP contribution in [0.15, 0.2) is 53.4 Å². The molecule has 5 atom stereocenters. The molecule has 146 valence electrons. The van der Waals surface area contributed by atoms with Crippen LogP contribution in [0.1, 0.15) is 11.1 Å². The summed E-state index contributed by atoms with van der Waals surface area (Å²) < 4.78 is 11.2. The molecule has 1 fully saturated rings. The van der Waals surface area contributed by atoms with Gasteiger partial charge in [-0.2, -0.15) is 0 Å². The van der Waals surface area contributed by atoms with E-state index >= 15 is 0 Å². The van der Waals surface area contributed by atoms with Gasteiger partial charge < -0.3 is 29.9 Å². The molecule has 2 aromatic rings. The van der Waals surface area contributed by atoms with Crippen molar-refractivity contribution in [1.82, 2.24) is 0 Å². The summed E-state index contributed by atoms with van der Waals surface area (Å²) in [6.07, 6.45) is -3.85. The number of thioether (sulfide) groups is 1. The number of benzene rings is 2. The molecule has 0 radical (unpaired) electrons. The van der Waals surface area contributed by atoms with E-state index in [2.05, 4.69) is 24.3 Å². The Bertz CT molecular complexity index is 736. The summed E-state index contributed by atoms with van der Waals surface area (Å²) in [7, 11) is 0. The Balaban J connectivity index is 1.77. The van der Waals surface area contributed by atoms with E-state index in [1.54, 1.807) is 23.9 Å². The average Bonchev–Trinajstić information content (AvgIpc) is 2.70. The smallest absolute Gasteiger partial charge is 0.229 e. The maximum Gasteiger partial charge on any atom is 0.229 e. The second kappa shape index (κ2) is 9.05. The number of rotatable bonds is 6. The fourth-order valence-corrected chi connectivity index (χ4v) is 3.43. The highest BCUT2D eigenvalue weighted by Gasteiger charge is 2.44. The van der Waals surface area contributed by atoms with Crippen molar-refractivity contribution >= 4 is 11.8 Å². The summed E-state index contributed by atoms with van der Waals surface area (Å²) in [5.41, 5.74) is 2.00. The van der Waals surface area contributed by atoms with Crippen LogP contribution in [-0.2, 0) is 11.2 Å². The predicted molar refractivity (Wildman–Crippen MR) is 102 cm³/mol. The zero-order chi connectivity index (χ0) is 19.4. The molecule has 0 amide bonds. The lowest BCUT2D eigenvalue weighted by Crippen LogP contribution is -2.60. The first-order chi connectivity index (χ1) is 13.0. The van der Waals surface area contributed by atoms with Gasteiger partial charge in [-0.25, -0.2) is 0 Å². The van der Waals surface area contributed by atoms with Crippen molar-refractivity contribution in [2.45, 2.75) is 42.0 Å². The van der Waals surface area contributed by atoms with Crippen LogP contribution < -0.4 is 4.74 Å². The highest BCUT2D eigenvalue weighted by atomic mass is 32.2. The fraction of sp³-hybridized carbons (Fsp3) is 0.400. The van der Waals surface area contributed by atoms with Crippen molar-refractivity contribution in [3.63, 3.8) is 0 Å². The Labute approximate surface area is 162 Å². The molecule has 0 bridgehead atoms. The molecule has 0 aliphatic carbocycles. The minimum absolute atomic E-state index is 0.492. The first-order valence-electron chi connectivity index (χ1n) is 8.71. The molecule has 1 aliphatic heterocycles. The third kappa shape index (κ3) is 4.63. The maximum absolute atomic E-state index is 10.2. The van der Waals surface area contributed by atoms with E-state index in [4.69, 9.17) is 9.47 Å². The number of para-hydroxylation sites is 1. The average molecular weight is 392 g/mol. The Morgan fingerprint density at radius 2 is 1.67 bits per heavy atom. The molecule has 2 aromatic carbocycles. The van der Waals surface area contributed by atoms with E-state index in [0.29, 0.717) is 12.2 Å². The molecule has 0 aromatic heterocycles. The van der Waals surface area contributed by atoms with Crippen molar-refractivity contribution < 1.29 is 29.9 Å². The predicted octanol–water partition coefficient (Wildman–Crippen LogP) is 1.18. The van der Waals surface area contributed by atoms with Gasteiger partial charge in [-0.15, -0.1) is 11.8 Å². The van der Waals surface area contributed by atoms with Gasteiger partial charge in [0.1, 0.15) is 30.2 Å². The zero-order valence-electron chi connectivity index (χ0n) is 14.9. The third-order valence-corrected chi connectivity index (χ3v) is 5.36. The van der Waals surface area contributed by atoms with Crippen LogP contribution in [-0.4, -0.2) is 64.0 Å². The first-order valence-corrected chi connectivity index (χ1v) is 9.94. The third-order valence-electron chi connectivity index (χ3n) is 4.62. The number of aliphatic hydroxyl groups is 4. The van der Waals surface area contributed by atoms with Gasteiger partial charge in [0.25, 0.3) is 0 Å². The Morgan fingerprint density at radius 1 is 0.963 bits per heavy atom. The summed E-state index contributed by atoms with van der Waals surface area (Å²) >= 11 is 1.68. The highest BCUT2D eigenvalue weighted by Crippen LogP contribution is 2.28. The molecule has 4 N–H and O–H groups in total. The SMILES string of the molecule is CSc1ccc(Cc2ccccc2O[C@@H]2O[C@H](CO)[C@@H](O)[C@H](O)[C@H]2O)cc1. The topological polar surface area (TPSA) is 99.4 Å². The molecule has 7 heteroatoms. The van der Waals surface area contributed by atoms with Crippen LogP contribution in [0.5, 0.6) is 5.75 Å². The van der Waals surface area contributed by atoms with E-state index in [0.717, 1.165) is 11.1 Å². The van der Waals surface area contributed by atoms with Crippen molar-refractivity contribution in [1.29, 1.82) is 0 Å². The molecule has 0 spiro atoms. The minimum atomic E-state index is -1.47. The zero-order valence-corrected chi connectivity index (χ0v) is 15.7. The number of hydrogen-bond donors (Lipinski definition) is 4. The van der Waals surface area contributed by atoms with Crippen LogP contribution in [0.3, 0.4) is 0 Å². The van der Waals surface area contributed by atoms with Gasteiger partial charge in [0.2, 0.25) is 6.29 Å². The molecule has 1 heterocycles. The van der Waals surface area contributed by atoms with Crippen LogP contribution in [0.25, 0.3) is 0 Å². The van der Waals surface area contributed by atoms with Gasteiger partial charge in [-0.3, -0.25) is 0 Å². The minimum Gasteiger partial charge on any atom is -0.462 e. The van der Waals surface area contributed by atoms with Crippen LogP contribution in [0.4, 0.5) is 0 Å². The van der Waals surface area contributed by atoms with Crippen molar-refractivity contribution in [3.8, 4) is 5.75 Å². The van der Waals surface area contributed by atoms with Crippen LogP contribution in [0.2, 0.25) is 0 Å². The molecule has 1 aliphatic rings. The highest BCUT2D eigenvalue weighted by molar-refractivity contribution is 7.98. The lowest BCUT2D eigenvalue weighted by molar-refractivity contribution is -0.277. The Hall–Kier alpha value is -1.61. The molecule has 1 saturated heterocycles. The molecule has 27 heavy (non-hydrogen) atoms. The maximum atomic E-state index is 10.2. The van der Waals surface area contributed by atoms with Crippen LogP contribution in [0, 0.1) is 0 Å². The van der Waals surface area contributed by atoms with Gasteiger partial charge in [0.05, 0.1) is 6.61 Å². The van der Waals surface area contributed by atoms with Gasteiger partial charge >= 0.3 is 0 Å². The van der Waals surface area contributed by atoms with Crippen molar-refractivity contribution in [3.05, 3.63) is 59.7 Å². The lowest BCUT2D eigenvalue weighted by atomic mass is 9.99. The van der Waals surface area contributed by atoms with Gasteiger partial charge in [0, 0.05) is 11.3 Å². The Morgan fingerprint density at radius 3 is 2.33 bits per heavy atom. The van der Waals surface area contributed by atoms with Gasteiger partial charge in [-0.1, -0.05) is 30.3 Å². The molecular weight excluding hydrogens is 368 g/mol. The number of ether oxygens (including phenoxy) is 2. The van der Waals surface area contributed by atoms with E-state index in [1.807, 2.05) is 18.4 Å². The molecule has 0 saturated carbocycles. The Kier molecular flexibility index (Phi) is 6.75. The molecule has 3 rings (SSSR count). The molecule has 6 nitrogen and oxygen atoms in total. The van der Waals surface area contributed by atoms with E-state index in [1.165, 1.54) is 4.90 Å².